The average Bonchev–Trinajstić information content (AvgIpc) is 2.40. The minimum absolute atomic E-state index is 0.0293. The number of rotatable bonds is 6. The lowest BCUT2D eigenvalue weighted by atomic mass is 9.87. The molecule has 22 heavy (non-hydrogen) atoms. The predicted octanol–water partition coefficient (Wildman–Crippen LogP) is 5.07. The first-order valence-electron chi connectivity index (χ1n) is 6.76. The molecule has 0 radical (unpaired) electrons. The van der Waals surface area contributed by atoms with Crippen LogP contribution < -0.4 is 0 Å². The molecule has 0 aromatic heterocycles. The van der Waals surface area contributed by atoms with Crippen molar-refractivity contribution < 1.29 is 30.6 Å². The summed E-state index contributed by atoms with van der Waals surface area (Å²) in [5.41, 5.74) is -0.0518. The zero-order valence-corrected chi connectivity index (χ0v) is 13.3. The first kappa shape index (κ1) is 19.3. The maximum absolute atomic E-state index is 14.0. The number of alkyl halides is 6. The Hall–Kier alpha value is -0.790. The molecule has 0 aromatic carbocycles. The van der Waals surface area contributed by atoms with Crippen LogP contribution >= 0.6 is 0 Å². The van der Waals surface area contributed by atoms with Crippen molar-refractivity contribution >= 4 is 10.8 Å². The van der Waals surface area contributed by atoms with Gasteiger partial charge in [-0.1, -0.05) is 18.1 Å². The van der Waals surface area contributed by atoms with E-state index in [9.17, 15) is 30.6 Å². The minimum atomic E-state index is -5.49. The van der Waals surface area contributed by atoms with Crippen molar-refractivity contribution in [3.63, 3.8) is 0 Å². The fourth-order valence-electron chi connectivity index (χ4n) is 2.16. The van der Waals surface area contributed by atoms with Gasteiger partial charge in [0.2, 0.25) is 0 Å². The Morgan fingerprint density at radius 1 is 1.09 bits per heavy atom. The zero-order chi connectivity index (χ0) is 17.3. The van der Waals surface area contributed by atoms with Crippen LogP contribution in [0.2, 0.25) is 0 Å². The summed E-state index contributed by atoms with van der Waals surface area (Å²) in [7, 11) is -1.88. The van der Waals surface area contributed by atoms with E-state index < -0.39 is 41.1 Å². The summed E-state index contributed by atoms with van der Waals surface area (Å²) in [5.74, 6) is -10.5. The lowest BCUT2D eigenvalue weighted by molar-refractivity contribution is -0.247. The highest BCUT2D eigenvalue weighted by molar-refractivity contribution is 7.89. The summed E-state index contributed by atoms with van der Waals surface area (Å²) in [6.07, 6.45) is -4.81. The van der Waals surface area contributed by atoms with Crippen LogP contribution in [0, 0.1) is 0 Å². The van der Waals surface area contributed by atoms with E-state index in [1.165, 1.54) is 6.92 Å². The third kappa shape index (κ3) is 3.41. The van der Waals surface area contributed by atoms with Crippen LogP contribution in [0.15, 0.2) is 21.6 Å². The molecule has 1 unspecified atom stereocenters. The molecule has 0 aromatic rings. The molecular formula is C14H18F6OS. The van der Waals surface area contributed by atoms with Crippen LogP contribution in [-0.4, -0.2) is 28.2 Å². The van der Waals surface area contributed by atoms with Gasteiger partial charge in [-0.25, -0.2) is 8.78 Å². The molecule has 0 heterocycles. The van der Waals surface area contributed by atoms with E-state index in [2.05, 4.69) is 0 Å². The second-order valence-corrected chi connectivity index (χ2v) is 6.96. The maximum Gasteiger partial charge on any atom is 0.373 e. The zero-order valence-electron chi connectivity index (χ0n) is 12.5. The van der Waals surface area contributed by atoms with E-state index in [-0.39, 0.29) is 17.1 Å². The lowest BCUT2D eigenvalue weighted by Gasteiger charge is -2.32. The second-order valence-electron chi connectivity index (χ2n) is 5.36. The summed E-state index contributed by atoms with van der Waals surface area (Å²) < 4.78 is 91.5. The molecule has 1 aliphatic carbocycles. The molecule has 0 spiro atoms. The normalized spacial score (nSPS) is 19.2. The van der Waals surface area contributed by atoms with E-state index in [4.69, 9.17) is 0 Å². The van der Waals surface area contributed by atoms with E-state index in [0.29, 0.717) is 17.6 Å². The first-order valence-corrected chi connectivity index (χ1v) is 8.08. The molecule has 0 amide bonds. The molecule has 8 heteroatoms. The topological polar surface area (TPSA) is 17.1 Å². The Labute approximate surface area is 127 Å². The van der Waals surface area contributed by atoms with Crippen LogP contribution in [0.4, 0.5) is 26.3 Å². The van der Waals surface area contributed by atoms with Crippen molar-refractivity contribution in [1.82, 2.24) is 0 Å². The Kier molecular flexibility index (Phi) is 5.92. The Morgan fingerprint density at radius 3 is 2.05 bits per heavy atom. The summed E-state index contributed by atoms with van der Waals surface area (Å²) >= 11 is 0. The molecule has 128 valence electrons. The van der Waals surface area contributed by atoms with Gasteiger partial charge in [0.25, 0.3) is 0 Å². The van der Waals surface area contributed by atoms with Gasteiger partial charge in [-0.3, -0.25) is 4.21 Å². The lowest BCUT2D eigenvalue weighted by Crippen LogP contribution is -2.48. The molecule has 0 fully saturated rings. The van der Waals surface area contributed by atoms with Crippen molar-refractivity contribution in [2.45, 2.75) is 58.3 Å². The standard InChI is InChI=1S/C14H18F6OS/c1-4-5-22(21)11-7-9(3)8(2)6-10(11)13(17,18)14(19,20)12(15)16/h12H,4-7H2,1-3H3. The van der Waals surface area contributed by atoms with Crippen molar-refractivity contribution in [2.24, 2.45) is 0 Å². The van der Waals surface area contributed by atoms with Gasteiger partial charge in [-0.15, -0.1) is 0 Å². The van der Waals surface area contributed by atoms with Gasteiger partial charge in [0.15, 0.2) is 0 Å². The fraction of sp³-hybridized carbons (Fsp3) is 0.714. The third-order valence-electron chi connectivity index (χ3n) is 3.67. The molecule has 0 saturated carbocycles. The summed E-state index contributed by atoms with van der Waals surface area (Å²) in [4.78, 5) is -0.338. The quantitative estimate of drug-likeness (QED) is 0.484. The molecule has 0 saturated heterocycles. The van der Waals surface area contributed by atoms with Crippen LogP contribution in [0.5, 0.6) is 0 Å². The minimum Gasteiger partial charge on any atom is -0.255 e. The van der Waals surface area contributed by atoms with E-state index >= 15 is 0 Å². The van der Waals surface area contributed by atoms with Gasteiger partial charge in [0.05, 0.1) is 0 Å². The SMILES string of the molecule is CCCS(=O)C1=C(C(F)(F)C(F)(F)C(F)F)CC(C)=C(C)C1. The Bertz CT molecular complexity index is 521. The monoisotopic (exact) mass is 348 g/mol. The van der Waals surface area contributed by atoms with Crippen LogP contribution in [0.25, 0.3) is 0 Å². The van der Waals surface area contributed by atoms with Crippen molar-refractivity contribution in [3.8, 4) is 0 Å². The van der Waals surface area contributed by atoms with Crippen molar-refractivity contribution in [2.75, 3.05) is 5.75 Å². The van der Waals surface area contributed by atoms with Crippen LogP contribution in [0.3, 0.4) is 0 Å². The predicted molar refractivity (Wildman–Crippen MR) is 73.8 cm³/mol. The molecule has 1 atom stereocenters. The maximum atomic E-state index is 14.0. The molecule has 1 aliphatic rings. The van der Waals surface area contributed by atoms with Gasteiger partial charge in [-0.05, 0) is 26.7 Å². The van der Waals surface area contributed by atoms with Crippen molar-refractivity contribution in [1.29, 1.82) is 0 Å². The van der Waals surface area contributed by atoms with Gasteiger partial charge in [-0.2, -0.15) is 17.6 Å². The summed E-state index contributed by atoms with van der Waals surface area (Å²) in [5, 5.41) is 0. The number of hydrogen-bond donors (Lipinski definition) is 0. The molecule has 1 nitrogen and oxygen atoms in total. The highest BCUT2D eigenvalue weighted by Gasteiger charge is 2.65. The first-order chi connectivity index (χ1) is 9.96. The fourth-order valence-corrected chi connectivity index (χ4v) is 3.63. The molecular weight excluding hydrogens is 330 g/mol. The summed E-state index contributed by atoms with van der Waals surface area (Å²) in [6, 6.07) is 0. The largest absolute Gasteiger partial charge is 0.373 e. The smallest absolute Gasteiger partial charge is 0.255 e. The molecule has 0 bridgehead atoms. The van der Waals surface area contributed by atoms with Gasteiger partial charge in [0.1, 0.15) is 0 Å². The van der Waals surface area contributed by atoms with Gasteiger partial charge >= 0.3 is 18.3 Å². The van der Waals surface area contributed by atoms with Gasteiger partial charge in [0, 0.05) is 33.5 Å². The van der Waals surface area contributed by atoms with E-state index in [0.717, 1.165) is 0 Å². The molecule has 0 N–H and O–H groups in total. The Morgan fingerprint density at radius 2 is 1.59 bits per heavy atom. The van der Waals surface area contributed by atoms with E-state index in [1.54, 1.807) is 13.8 Å². The van der Waals surface area contributed by atoms with Crippen LogP contribution in [0.1, 0.15) is 40.0 Å². The number of hydrogen-bond acceptors (Lipinski definition) is 1. The summed E-state index contributed by atoms with van der Waals surface area (Å²) in [6.45, 7) is 4.77. The molecule has 0 aliphatic heterocycles. The third-order valence-corrected chi connectivity index (χ3v) is 5.39. The van der Waals surface area contributed by atoms with Crippen LogP contribution in [-0.2, 0) is 10.8 Å². The van der Waals surface area contributed by atoms with E-state index in [1.807, 2.05) is 0 Å². The molecule has 1 rings (SSSR count). The second kappa shape index (κ2) is 6.76. The number of halogens is 6. The number of allylic oxidation sites excluding steroid dienone is 4. The Balaban J connectivity index is 3.41. The van der Waals surface area contributed by atoms with Crippen molar-refractivity contribution in [3.05, 3.63) is 21.6 Å². The average molecular weight is 348 g/mol. The van der Waals surface area contributed by atoms with Gasteiger partial charge < -0.3 is 0 Å². The highest BCUT2D eigenvalue weighted by Crippen LogP contribution is 2.49. The highest BCUT2D eigenvalue weighted by atomic mass is 32.2.